The van der Waals surface area contributed by atoms with Gasteiger partial charge in [0.2, 0.25) is 0 Å². The van der Waals surface area contributed by atoms with E-state index in [0.717, 1.165) is 11.1 Å². The zero-order valence-electron chi connectivity index (χ0n) is 15.7. The molecule has 0 aliphatic heterocycles. The molecular weight excluding hydrogens is 388 g/mol. The van der Waals surface area contributed by atoms with Crippen LogP contribution in [0.15, 0.2) is 71.8 Å². The van der Waals surface area contributed by atoms with Crippen LogP contribution < -0.4 is 10.9 Å². The first-order valence-corrected chi connectivity index (χ1v) is 9.57. The van der Waals surface area contributed by atoms with Crippen LogP contribution in [0.2, 0.25) is 5.02 Å². The van der Waals surface area contributed by atoms with Crippen molar-refractivity contribution in [2.45, 2.75) is 19.4 Å². The number of carbonyl (C=O) groups excluding carboxylic acids is 1. The van der Waals surface area contributed by atoms with Crippen LogP contribution in [-0.2, 0) is 6.42 Å². The number of hydrogen-bond donors (Lipinski definition) is 2. The molecule has 6 nitrogen and oxygen atoms in total. The van der Waals surface area contributed by atoms with Crippen molar-refractivity contribution in [2.24, 2.45) is 0 Å². The van der Waals surface area contributed by atoms with Gasteiger partial charge in [0.1, 0.15) is 5.52 Å². The van der Waals surface area contributed by atoms with E-state index >= 15 is 0 Å². The van der Waals surface area contributed by atoms with Gasteiger partial charge in [-0.1, -0.05) is 54.1 Å². The van der Waals surface area contributed by atoms with E-state index in [9.17, 15) is 9.59 Å². The molecule has 146 valence electrons. The standard InChI is InChI=1S/C22H19ClN4O2/c1-14-19(20-22(29)24-11-12-27(20)26-14)21(28)25-18(16-5-3-2-4-6-16)13-15-7-9-17(23)10-8-15/h2-12,18H,13H2,1H3,(H,24,29)(H,25,28). The van der Waals surface area contributed by atoms with E-state index in [4.69, 9.17) is 11.6 Å². The average Bonchev–Trinajstić information content (AvgIpc) is 3.07. The van der Waals surface area contributed by atoms with Crippen LogP contribution >= 0.6 is 11.6 Å². The largest absolute Gasteiger partial charge is 0.345 e. The first kappa shape index (κ1) is 19.0. The highest BCUT2D eigenvalue weighted by Crippen LogP contribution is 2.21. The Balaban J connectivity index is 1.69. The van der Waals surface area contributed by atoms with Gasteiger partial charge in [0.15, 0.2) is 0 Å². The first-order valence-electron chi connectivity index (χ1n) is 9.20. The number of amides is 1. The highest BCUT2D eigenvalue weighted by molar-refractivity contribution is 6.30. The second-order valence-corrected chi connectivity index (χ2v) is 7.25. The molecule has 0 saturated heterocycles. The fraction of sp³-hybridized carbons (Fsp3) is 0.136. The SMILES string of the molecule is Cc1nn2cc[nH]c(=O)c2c1C(=O)NC(Cc1ccc(Cl)cc1)c1ccccc1. The van der Waals surface area contributed by atoms with Gasteiger partial charge in [-0.25, -0.2) is 4.52 Å². The predicted octanol–water partition coefficient (Wildman–Crippen LogP) is 3.70. The number of halogens is 1. The zero-order valence-corrected chi connectivity index (χ0v) is 16.5. The van der Waals surface area contributed by atoms with Crippen LogP contribution in [-0.4, -0.2) is 20.5 Å². The molecule has 1 atom stereocenters. The molecule has 4 aromatic rings. The normalized spacial score (nSPS) is 12.1. The number of nitrogens with zero attached hydrogens (tertiary/aromatic N) is 2. The van der Waals surface area contributed by atoms with E-state index in [-0.39, 0.29) is 28.6 Å². The molecule has 0 saturated carbocycles. The van der Waals surface area contributed by atoms with Crippen molar-refractivity contribution in [3.8, 4) is 0 Å². The summed E-state index contributed by atoms with van der Waals surface area (Å²) in [4.78, 5) is 28.1. The smallest absolute Gasteiger partial charge is 0.274 e. The Hall–Kier alpha value is -3.38. The number of aromatic nitrogens is 3. The molecule has 2 aromatic heterocycles. The number of benzene rings is 2. The molecule has 0 spiro atoms. The first-order chi connectivity index (χ1) is 14.0. The van der Waals surface area contributed by atoms with Crippen molar-refractivity contribution in [1.82, 2.24) is 19.9 Å². The number of hydrogen-bond acceptors (Lipinski definition) is 3. The minimum atomic E-state index is -0.354. The van der Waals surface area contributed by atoms with E-state index in [1.807, 2.05) is 54.6 Å². The molecule has 2 N–H and O–H groups in total. The van der Waals surface area contributed by atoms with Crippen LogP contribution in [0.1, 0.15) is 33.2 Å². The summed E-state index contributed by atoms with van der Waals surface area (Å²) in [5.41, 5.74) is 2.67. The summed E-state index contributed by atoms with van der Waals surface area (Å²) in [6.07, 6.45) is 3.70. The lowest BCUT2D eigenvalue weighted by atomic mass is 9.98. The summed E-state index contributed by atoms with van der Waals surface area (Å²) in [5, 5.41) is 8.03. The van der Waals surface area contributed by atoms with E-state index in [2.05, 4.69) is 15.4 Å². The van der Waals surface area contributed by atoms with Crippen molar-refractivity contribution in [1.29, 1.82) is 0 Å². The Morgan fingerprint density at radius 2 is 1.90 bits per heavy atom. The van der Waals surface area contributed by atoms with Crippen LogP contribution in [0.3, 0.4) is 0 Å². The third-order valence-electron chi connectivity index (χ3n) is 4.82. The zero-order chi connectivity index (χ0) is 20.4. The van der Waals surface area contributed by atoms with Crippen LogP contribution in [0.5, 0.6) is 0 Å². The Labute approximate surface area is 172 Å². The summed E-state index contributed by atoms with van der Waals surface area (Å²) in [6, 6.07) is 17.0. The van der Waals surface area contributed by atoms with Crippen molar-refractivity contribution < 1.29 is 4.79 Å². The molecule has 0 aliphatic rings. The predicted molar refractivity (Wildman–Crippen MR) is 112 cm³/mol. The van der Waals surface area contributed by atoms with Crippen LogP contribution in [0, 0.1) is 6.92 Å². The summed E-state index contributed by atoms with van der Waals surface area (Å²) in [7, 11) is 0. The maximum absolute atomic E-state index is 13.2. The van der Waals surface area contributed by atoms with E-state index in [0.29, 0.717) is 17.1 Å². The van der Waals surface area contributed by atoms with E-state index in [1.165, 1.54) is 10.7 Å². The Morgan fingerprint density at radius 3 is 2.62 bits per heavy atom. The molecule has 2 aromatic carbocycles. The number of nitrogens with one attached hydrogen (secondary N) is 2. The Kier molecular flexibility index (Phi) is 5.18. The fourth-order valence-corrected chi connectivity index (χ4v) is 3.55. The minimum Gasteiger partial charge on any atom is -0.345 e. The monoisotopic (exact) mass is 406 g/mol. The number of aryl methyl sites for hydroxylation is 1. The van der Waals surface area contributed by atoms with Gasteiger partial charge < -0.3 is 10.3 Å². The number of carbonyl (C=O) groups is 1. The molecule has 4 rings (SSSR count). The van der Waals surface area contributed by atoms with E-state index < -0.39 is 0 Å². The topological polar surface area (TPSA) is 79.3 Å². The lowest BCUT2D eigenvalue weighted by Gasteiger charge is -2.19. The van der Waals surface area contributed by atoms with Gasteiger partial charge in [-0.05, 0) is 36.6 Å². The molecule has 1 amide bonds. The van der Waals surface area contributed by atoms with Gasteiger partial charge in [-0.2, -0.15) is 5.10 Å². The number of aromatic amines is 1. The van der Waals surface area contributed by atoms with Crippen molar-refractivity contribution in [3.63, 3.8) is 0 Å². The van der Waals surface area contributed by atoms with Gasteiger partial charge in [0.05, 0.1) is 17.3 Å². The second kappa shape index (κ2) is 7.93. The molecule has 0 radical (unpaired) electrons. The fourth-order valence-electron chi connectivity index (χ4n) is 3.42. The van der Waals surface area contributed by atoms with Gasteiger partial charge in [-0.15, -0.1) is 0 Å². The molecular formula is C22H19ClN4O2. The molecule has 1 unspecified atom stereocenters. The maximum atomic E-state index is 13.2. The van der Waals surface area contributed by atoms with Gasteiger partial charge in [-0.3, -0.25) is 9.59 Å². The summed E-state index contributed by atoms with van der Waals surface area (Å²) >= 11 is 5.99. The van der Waals surface area contributed by atoms with Crippen molar-refractivity contribution in [2.75, 3.05) is 0 Å². The molecule has 2 heterocycles. The maximum Gasteiger partial charge on any atom is 0.274 e. The van der Waals surface area contributed by atoms with Gasteiger partial charge in [0, 0.05) is 17.4 Å². The summed E-state index contributed by atoms with van der Waals surface area (Å²) in [5.74, 6) is -0.336. The highest BCUT2D eigenvalue weighted by Gasteiger charge is 2.23. The number of rotatable bonds is 5. The third-order valence-corrected chi connectivity index (χ3v) is 5.07. The van der Waals surface area contributed by atoms with Gasteiger partial charge >= 0.3 is 0 Å². The van der Waals surface area contributed by atoms with E-state index in [1.54, 1.807) is 13.1 Å². The van der Waals surface area contributed by atoms with Gasteiger partial charge in [0.25, 0.3) is 11.5 Å². The molecule has 0 aliphatic carbocycles. The second-order valence-electron chi connectivity index (χ2n) is 6.81. The average molecular weight is 407 g/mol. The molecule has 0 bridgehead atoms. The summed E-state index contributed by atoms with van der Waals surface area (Å²) in [6.45, 7) is 1.72. The van der Waals surface area contributed by atoms with Crippen LogP contribution in [0.25, 0.3) is 5.52 Å². The number of fused-ring (bicyclic) bond motifs is 1. The van der Waals surface area contributed by atoms with Crippen molar-refractivity contribution >= 4 is 23.0 Å². The summed E-state index contributed by atoms with van der Waals surface area (Å²) < 4.78 is 1.43. The lowest BCUT2D eigenvalue weighted by Crippen LogP contribution is -2.31. The third kappa shape index (κ3) is 3.93. The molecule has 0 fully saturated rings. The lowest BCUT2D eigenvalue weighted by molar-refractivity contribution is 0.0937. The minimum absolute atomic E-state index is 0.237. The molecule has 29 heavy (non-hydrogen) atoms. The van der Waals surface area contributed by atoms with Crippen LogP contribution in [0.4, 0.5) is 0 Å². The van der Waals surface area contributed by atoms with Crippen molar-refractivity contribution in [3.05, 3.63) is 105 Å². The molecule has 7 heteroatoms. The Morgan fingerprint density at radius 1 is 1.17 bits per heavy atom. The quantitative estimate of drug-likeness (QED) is 0.530. The Bertz CT molecular complexity index is 1210. The number of H-pyrrole nitrogens is 1. The highest BCUT2D eigenvalue weighted by atomic mass is 35.5.